The molecule has 30 heteroatoms. The fourth-order valence-corrected chi connectivity index (χ4v) is 7.04. The molecule has 0 aromatic carbocycles. The highest BCUT2D eigenvalue weighted by molar-refractivity contribution is 7.48. The molecule has 24 nitrogen and oxygen atoms in total. The quantitative estimate of drug-likeness (QED) is 0.0788. The third kappa shape index (κ3) is 10.0. The first-order chi connectivity index (χ1) is 15.4. The van der Waals surface area contributed by atoms with Gasteiger partial charge in [-0.3, -0.25) is 0 Å². The molecule has 0 saturated heterocycles. The van der Waals surface area contributed by atoms with E-state index in [0.717, 1.165) is 0 Å². The van der Waals surface area contributed by atoms with Crippen LogP contribution in [-0.4, -0.2) is 76.1 Å². The molecule has 0 aliphatic heterocycles. The lowest BCUT2D eigenvalue weighted by Gasteiger charge is -2.56. The second kappa shape index (κ2) is 10.6. The van der Waals surface area contributed by atoms with E-state index in [2.05, 4.69) is 27.1 Å². The first-order valence-electron chi connectivity index (χ1n) is 8.02. The van der Waals surface area contributed by atoms with Gasteiger partial charge < -0.3 is 58.7 Å². The van der Waals surface area contributed by atoms with Crippen LogP contribution in [0.15, 0.2) is 0 Å². The van der Waals surface area contributed by atoms with E-state index in [4.69, 9.17) is 0 Å². The Bertz CT molecular complexity index is 954. The zero-order chi connectivity index (χ0) is 28.9. The molecule has 216 valence electrons. The van der Waals surface area contributed by atoms with Gasteiger partial charge in [0.2, 0.25) is 0 Å². The standard InChI is InChI=1S/C6H18O24P6/c7-31(8,9)25-4(26-32(10,11)12)2-1-3-5(27-33(13,14)15,28-34(16,17)18)6(4,29-35(19,20)21)30-36(22,23)24/h1-3H2,(H2,7,8,9)(H2,10,11,12)(H2,13,14,15)(H2,16,17,18)(H2,19,20,21)(H2,22,23,24). The molecule has 1 fully saturated rings. The highest BCUT2D eigenvalue weighted by Gasteiger charge is 2.81. The molecular weight excluding hydrogens is 642 g/mol. The van der Waals surface area contributed by atoms with Gasteiger partial charge in [0.25, 0.3) is 17.4 Å². The molecule has 1 rings (SSSR count). The van der Waals surface area contributed by atoms with E-state index in [1.54, 1.807) is 0 Å². The van der Waals surface area contributed by atoms with Gasteiger partial charge in [-0.2, -0.15) is 0 Å². The molecule has 0 unspecified atom stereocenters. The summed E-state index contributed by atoms with van der Waals surface area (Å²) in [6.45, 7) is 0. The summed E-state index contributed by atoms with van der Waals surface area (Å²) in [6, 6.07) is 0. The Morgan fingerprint density at radius 1 is 0.389 bits per heavy atom. The smallest absolute Gasteiger partial charge is 0.303 e. The topological polar surface area (TPSA) is 401 Å². The Morgan fingerprint density at radius 3 is 0.750 bits per heavy atom. The highest BCUT2D eigenvalue weighted by Crippen LogP contribution is 2.71. The van der Waals surface area contributed by atoms with Crippen LogP contribution >= 0.6 is 46.9 Å². The van der Waals surface area contributed by atoms with Gasteiger partial charge in [0.1, 0.15) is 0 Å². The van der Waals surface area contributed by atoms with Gasteiger partial charge in [0.05, 0.1) is 0 Å². The minimum absolute atomic E-state index is 1.14. The largest absolute Gasteiger partial charge is 0.472 e. The maximum Gasteiger partial charge on any atom is 0.472 e. The van der Waals surface area contributed by atoms with Gasteiger partial charge in [-0.15, -0.1) is 0 Å². The first kappa shape index (κ1) is 34.7. The fraction of sp³-hybridized carbons (Fsp3) is 1.00. The van der Waals surface area contributed by atoms with Crippen LogP contribution in [0.4, 0.5) is 0 Å². The normalized spacial score (nSPS) is 21.3. The van der Waals surface area contributed by atoms with Crippen molar-refractivity contribution in [2.24, 2.45) is 0 Å². The van der Waals surface area contributed by atoms with E-state index >= 15 is 0 Å². The Morgan fingerprint density at radius 2 is 0.583 bits per heavy atom. The molecule has 0 heterocycles. The summed E-state index contributed by atoms with van der Waals surface area (Å²) in [5.74, 6) is -14.2. The van der Waals surface area contributed by atoms with Crippen LogP contribution in [0.25, 0.3) is 0 Å². The fourth-order valence-electron chi connectivity index (χ4n) is 3.03. The predicted octanol–water partition coefficient (Wildman–Crippen LogP) is -2.09. The van der Waals surface area contributed by atoms with Gasteiger partial charge >= 0.3 is 46.9 Å². The highest BCUT2D eigenvalue weighted by atomic mass is 31.2. The van der Waals surface area contributed by atoms with Crippen molar-refractivity contribution in [2.45, 2.75) is 36.6 Å². The summed E-state index contributed by atoms with van der Waals surface area (Å²) >= 11 is 0. The summed E-state index contributed by atoms with van der Waals surface area (Å²) in [5.41, 5.74) is 0. The number of rotatable bonds is 12. The average Bonchev–Trinajstić information content (AvgIpc) is 2.42. The second-order valence-corrected chi connectivity index (χ2v) is 13.4. The van der Waals surface area contributed by atoms with Crippen LogP contribution in [0.5, 0.6) is 0 Å². The van der Waals surface area contributed by atoms with Crippen LogP contribution in [0.1, 0.15) is 19.3 Å². The Hall–Kier alpha value is 0.660. The first-order valence-corrected chi connectivity index (χ1v) is 17.2. The lowest BCUT2D eigenvalue weighted by molar-refractivity contribution is -0.429. The van der Waals surface area contributed by atoms with Crippen molar-refractivity contribution < 1.29 is 113 Å². The molecule has 0 amide bonds. The third-order valence-corrected chi connectivity index (χ3v) is 6.70. The van der Waals surface area contributed by atoms with Crippen molar-refractivity contribution in [1.82, 2.24) is 0 Å². The Balaban J connectivity index is 4.46. The van der Waals surface area contributed by atoms with Crippen molar-refractivity contribution in [1.29, 1.82) is 0 Å². The molecule has 1 saturated carbocycles. The average molecular weight is 660 g/mol. The van der Waals surface area contributed by atoms with E-state index in [0.29, 0.717) is 0 Å². The van der Waals surface area contributed by atoms with E-state index in [1.807, 2.05) is 0 Å². The summed E-state index contributed by atoms with van der Waals surface area (Å²) in [4.78, 5) is 112. The molecular formula is C6H18O24P6. The van der Waals surface area contributed by atoms with Gasteiger partial charge in [0, 0.05) is 12.8 Å². The summed E-state index contributed by atoms with van der Waals surface area (Å²) in [7, 11) is -38.8. The van der Waals surface area contributed by atoms with Crippen LogP contribution < -0.4 is 0 Å². The van der Waals surface area contributed by atoms with Crippen molar-refractivity contribution in [3.8, 4) is 0 Å². The van der Waals surface area contributed by atoms with Crippen molar-refractivity contribution in [2.75, 3.05) is 0 Å². The number of phosphoric ester groups is 6. The SMILES string of the molecule is O=P(O)(O)OC1(OP(=O)(O)O)CCCC(OP(=O)(O)O)(OP(=O)(O)O)C1(OP(=O)(O)O)OP(=O)(O)O. The maximum atomic E-state index is 11.8. The van der Waals surface area contributed by atoms with Gasteiger partial charge in [-0.05, 0) is 6.42 Å². The van der Waals surface area contributed by atoms with Gasteiger partial charge in [-0.25, -0.2) is 54.5 Å². The lowest BCUT2D eigenvalue weighted by Crippen LogP contribution is -2.74. The van der Waals surface area contributed by atoms with Crippen LogP contribution in [0.2, 0.25) is 0 Å². The minimum Gasteiger partial charge on any atom is -0.303 e. The van der Waals surface area contributed by atoms with E-state index in [9.17, 15) is 86.1 Å². The van der Waals surface area contributed by atoms with E-state index in [1.165, 1.54) is 0 Å². The molecule has 36 heavy (non-hydrogen) atoms. The maximum absolute atomic E-state index is 11.8. The predicted molar refractivity (Wildman–Crippen MR) is 101 cm³/mol. The molecule has 0 bridgehead atoms. The van der Waals surface area contributed by atoms with Crippen LogP contribution in [0, 0.1) is 0 Å². The van der Waals surface area contributed by atoms with Gasteiger partial charge in [0.15, 0.2) is 0 Å². The molecule has 0 aromatic heterocycles. The summed E-state index contributed by atoms with van der Waals surface area (Å²) < 4.78 is 93.9. The van der Waals surface area contributed by atoms with Crippen LogP contribution in [-0.2, 0) is 54.5 Å². The second-order valence-electron chi connectivity index (χ2n) is 6.47. The zero-order valence-corrected chi connectivity index (χ0v) is 21.9. The van der Waals surface area contributed by atoms with Crippen molar-refractivity contribution in [3.05, 3.63) is 0 Å². The minimum atomic E-state index is -6.61. The molecule has 0 radical (unpaired) electrons. The molecule has 0 atom stereocenters. The molecule has 12 N–H and O–H groups in total. The van der Waals surface area contributed by atoms with Gasteiger partial charge in [-0.1, -0.05) is 0 Å². The monoisotopic (exact) mass is 660 g/mol. The van der Waals surface area contributed by atoms with Crippen molar-refractivity contribution >= 4 is 46.9 Å². The molecule has 1 aliphatic rings. The lowest BCUT2D eigenvalue weighted by atomic mass is 9.83. The zero-order valence-electron chi connectivity index (χ0n) is 16.6. The Labute approximate surface area is 197 Å². The number of hydrogen-bond acceptors (Lipinski definition) is 12. The number of hydrogen-bond donors (Lipinski definition) is 12. The third-order valence-electron chi connectivity index (χ3n) is 3.58. The summed E-state index contributed by atoms with van der Waals surface area (Å²) in [6.07, 6.45) is -4.39. The molecule has 0 aromatic rings. The Kier molecular flexibility index (Phi) is 10.2. The van der Waals surface area contributed by atoms with Crippen molar-refractivity contribution in [3.63, 3.8) is 0 Å². The number of phosphoric acid groups is 6. The van der Waals surface area contributed by atoms with Crippen LogP contribution in [0.3, 0.4) is 0 Å². The molecule has 1 aliphatic carbocycles. The molecule has 0 spiro atoms. The summed E-state index contributed by atoms with van der Waals surface area (Å²) in [5, 5.41) is 0. The van der Waals surface area contributed by atoms with E-state index < -0.39 is 83.6 Å². The van der Waals surface area contributed by atoms with E-state index in [-0.39, 0.29) is 0 Å².